The molecular weight excluding hydrogens is 244 g/mol. The summed E-state index contributed by atoms with van der Waals surface area (Å²) in [6, 6.07) is 0. The standard InChI is InChI=1S/C9H18Cl3NO/c1-4-5-6-14-8(7-13(2)3)9(10,11)12/h8H,4-7H2,1-3H3/t8-/m0/s1. The number of alkyl halides is 3. The third-order valence-corrected chi connectivity index (χ3v) is 2.44. The molecule has 0 aromatic carbocycles. The number of unbranched alkanes of at least 4 members (excludes halogenated alkanes) is 1. The van der Waals surface area contributed by atoms with Crippen molar-refractivity contribution in [3.05, 3.63) is 0 Å². The van der Waals surface area contributed by atoms with Crippen molar-refractivity contribution >= 4 is 34.8 Å². The first-order valence-electron chi connectivity index (χ1n) is 4.71. The summed E-state index contributed by atoms with van der Waals surface area (Å²) >= 11 is 17.4. The van der Waals surface area contributed by atoms with E-state index >= 15 is 0 Å². The van der Waals surface area contributed by atoms with Crippen molar-refractivity contribution in [1.82, 2.24) is 4.90 Å². The maximum Gasteiger partial charge on any atom is 0.217 e. The molecule has 14 heavy (non-hydrogen) atoms. The Hall–Kier alpha value is 0.790. The van der Waals surface area contributed by atoms with Gasteiger partial charge in [0.05, 0.1) is 0 Å². The van der Waals surface area contributed by atoms with Crippen LogP contribution < -0.4 is 0 Å². The summed E-state index contributed by atoms with van der Waals surface area (Å²) in [5, 5.41) is 0. The molecule has 0 aliphatic heterocycles. The number of likely N-dealkylation sites (N-methyl/N-ethyl adjacent to an activating group) is 1. The van der Waals surface area contributed by atoms with Gasteiger partial charge in [-0.25, -0.2) is 0 Å². The Morgan fingerprint density at radius 3 is 2.21 bits per heavy atom. The average Bonchev–Trinajstić information content (AvgIpc) is 2.00. The lowest BCUT2D eigenvalue weighted by atomic mass is 10.3. The SMILES string of the molecule is CCCCO[C@@H](CN(C)C)C(Cl)(Cl)Cl. The molecule has 0 radical (unpaired) electrons. The minimum absolute atomic E-state index is 0.367. The maximum absolute atomic E-state index is 5.80. The van der Waals surface area contributed by atoms with Crippen LogP contribution in [0.25, 0.3) is 0 Å². The molecule has 1 atom stereocenters. The number of hydrogen-bond acceptors (Lipinski definition) is 2. The smallest absolute Gasteiger partial charge is 0.217 e. The largest absolute Gasteiger partial charge is 0.372 e. The molecule has 5 heteroatoms. The zero-order valence-electron chi connectivity index (χ0n) is 8.90. The molecule has 0 amide bonds. The lowest BCUT2D eigenvalue weighted by Crippen LogP contribution is -2.38. The molecule has 2 nitrogen and oxygen atoms in total. The fraction of sp³-hybridized carbons (Fsp3) is 1.00. The van der Waals surface area contributed by atoms with Gasteiger partial charge in [0.2, 0.25) is 3.79 Å². The van der Waals surface area contributed by atoms with Gasteiger partial charge in [0, 0.05) is 13.2 Å². The lowest BCUT2D eigenvalue weighted by molar-refractivity contribution is 0.0368. The van der Waals surface area contributed by atoms with Crippen LogP contribution in [0.3, 0.4) is 0 Å². The summed E-state index contributed by atoms with van der Waals surface area (Å²) in [6.45, 7) is 3.35. The van der Waals surface area contributed by atoms with Crippen molar-refractivity contribution in [2.45, 2.75) is 29.7 Å². The van der Waals surface area contributed by atoms with E-state index in [1.54, 1.807) is 0 Å². The van der Waals surface area contributed by atoms with E-state index in [0.717, 1.165) is 12.8 Å². The second-order valence-corrected chi connectivity index (χ2v) is 5.89. The van der Waals surface area contributed by atoms with Gasteiger partial charge in [-0.05, 0) is 20.5 Å². The van der Waals surface area contributed by atoms with Gasteiger partial charge in [0.25, 0.3) is 0 Å². The number of nitrogens with zero attached hydrogens (tertiary/aromatic N) is 1. The Morgan fingerprint density at radius 2 is 1.86 bits per heavy atom. The van der Waals surface area contributed by atoms with Crippen LogP contribution in [0, 0.1) is 0 Å². The molecule has 0 saturated carbocycles. The van der Waals surface area contributed by atoms with Gasteiger partial charge in [-0.1, -0.05) is 48.1 Å². The fourth-order valence-corrected chi connectivity index (χ4v) is 1.35. The van der Waals surface area contributed by atoms with Crippen LogP contribution >= 0.6 is 34.8 Å². The highest BCUT2D eigenvalue weighted by atomic mass is 35.6. The van der Waals surface area contributed by atoms with E-state index in [1.807, 2.05) is 19.0 Å². The Bertz CT molecular complexity index is 147. The average molecular weight is 263 g/mol. The van der Waals surface area contributed by atoms with Crippen LogP contribution in [0.1, 0.15) is 19.8 Å². The zero-order valence-corrected chi connectivity index (χ0v) is 11.2. The summed E-state index contributed by atoms with van der Waals surface area (Å²) in [4.78, 5) is 1.94. The first-order chi connectivity index (χ1) is 6.38. The highest BCUT2D eigenvalue weighted by Gasteiger charge is 2.33. The van der Waals surface area contributed by atoms with Crippen molar-refractivity contribution in [2.75, 3.05) is 27.2 Å². The molecule has 0 bridgehead atoms. The van der Waals surface area contributed by atoms with Crippen molar-refractivity contribution in [3.8, 4) is 0 Å². The van der Waals surface area contributed by atoms with Crippen LogP contribution in [-0.4, -0.2) is 42.0 Å². The van der Waals surface area contributed by atoms with E-state index in [0.29, 0.717) is 13.2 Å². The van der Waals surface area contributed by atoms with Gasteiger partial charge in [0.1, 0.15) is 6.10 Å². The summed E-state index contributed by atoms with van der Waals surface area (Å²) in [5.41, 5.74) is 0. The Morgan fingerprint density at radius 1 is 1.29 bits per heavy atom. The van der Waals surface area contributed by atoms with E-state index in [2.05, 4.69) is 6.92 Å². The van der Waals surface area contributed by atoms with Crippen molar-refractivity contribution in [1.29, 1.82) is 0 Å². The van der Waals surface area contributed by atoms with Gasteiger partial charge in [-0.2, -0.15) is 0 Å². The molecular formula is C9H18Cl3NO. The molecule has 0 unspecified atom stereocenters. The summed E-state index contributed by atoms with van der Waals surface area (Å²) in [6.07, 6.45) is 1.70. The van der Waals surface area contributed by atoms with Crippen LogP contribution in [0.4, 0.5) is 0 Å². The van der Waals surface area contributed by atoms with Crippen LogP contribution in [0.2, 0.25) is 0 Å². The molecule has 0 aromatic rings. The minimum atomic E-state index is -1.35. The van der Waals surface area contributed by atoms with Crippen LogP contribution in [0.5, 0.6) is 0 Å². The molecule has 0 heterocycles. The van der Waals surface area contributed by atoms with Crippen LogP contribution in [-0.2, 0) is 4.74 Å². The third-order valence-electron chi connectivity index (χ3n) is 1.71. The van der Waals surface area contributed by atoms with Gasteiger partial charge in [0.15, 0.2) is 0 Å². The highest BCUT2D eigenvalue weighted by Crippen LogP contribution is 2.32. The quantitative estimate of drug-likeness (QED) is 0.539. The molecule has 0 aromatic heterocycles. The third kappa shape index (κ3) is 7.13. The number of rotatable bonds is 6. The Labute approximate surface area is 101 Å². The molecule has 0 rings (SSSR count). The maximum atomic E-state index is 5.80. The van der Waals surface area contributed by atoms with Crippen molar-refractivity contribution in [2.24, 2.45) is 0 Å². The van der Waals surface area contributed by atoms with Gasteiger partial charge in [-0.15, -0.1) is 0 Å². The van der Waals surface area contributed by atoms with E-state index in [9.17, 15) is 0 Å². The van der Waals surface area contributed by atoms with Crippen molar-refractivity contribution < 1.29 is 4.74 Å². The monoisotopic (exact) mass is 261 g/mol. The van der Waals surface area contributed by atoms with Crippen molar-refractivity contribution in [3.63, 3.8) is 0 Å². The topological polar surface area (TPSA) is 12.5 Å². The zero-order chi connectivity index (χ0) is 11.2. The molecule has 0 N–H and O–H groups in total. The first kappa shape index (κ1) is 14.8. The number of ether oxygens (including phenoxy) is 1. The van der Waals surface area contributed by atoms with E-state index in [-0.39, 0.29) is 6.10 Å². The highest BCUT2D eigenvalue weighted by molar-refractivity contribution is 6.68. The molecule has 0 spiro atoms. The Kier molecular flexibility index (Phi) is 7.53. The van der Waals surface area contributed by atoms with E-state index in [4.69, 9.17) is 39.5 Å². The Balaban J connectivity index is 3.99. The second-order valence-electron chi connectivity index (χ2n) is 3.52. The lowest BCUT2D eigenvalue weighted by Gasteiger charge is -2.27. The summed E-state index contributed by atoms with van der Waals surface area (Å²) in [5.74, 6) is 0. The molecule has 0 saturated heterocycles. The molecule has 0 aliphatic rings. The molecule has 86 valence electrons. The van der Waals surface area contributed by atoms with E-state index < -0.39 is 3.79 Å². The minimum Gasteiger partial charge on any atom is -0.372 e. The van der Waals surface area contributed by atoms with E-state index in [1.165, 1.54) is 0 Å². The van der Waals surface area contributed by atoms with Gasteiger partial charge in [-0.3, -0.25) is 0 Å². The predicted molar refractivity (Wildman–Crippen MR) is 63.5 cm³/mol. The fourth-order valence-electron chi connectivity index (χ4n) is 0.952. The summed E-state index contributed by atoms with van der Waals surface area (Å²) in [7, 11) is 3.85. The molecule has 0 aliphatic carbocycles. The van der Waals surface area contributed by atoms with Gasteiger partial charge >= 0.3 is 0 Å². The normalized spacial score (nSPS) is 14.8. The predicted octanol–water partition coefficient (Wildman–Crippen LogP) is 3.10. The number of hydrogen-bond donors (Lipinski definition) is 0. The van der Waals surface area contributed by atoms with Crippen LogP contribution in [0.15, 0.2) is 0 Å². The first-order valence-corrected chi connectivity index (χ1v) is 5.84. The second kappa shape index (κ2) is 7.13. The molecule has 0 fully saturated rings. The number of halogens is 3. The summed E-state index contributed by atoms with van der Waals surface area (Å²) < 4.78 is 4.17. The van der Waals surface area contributed by atoms with Gasteiger partial charge < -0.3 is 9.64 Å².